The SMILES string of the molecule is CN(C)CCNC(=O)N1CCC(Oc2ccc3ccccc3c2)C1.O.O=C(O)C(=O)O. The maximum atomic E-state index is 12.1. The Morgan fingerprint density at radius 2 is 1.74 bits per heavy atom. The van der Waals surface area contributed by atoms with Crippen molar-refractivity contribution in [2.45, 2.75) is 12.5 Å². The summed E-state index contributed by atoms with van der Waals surface area (Å²) in [5, 5.41) is 20.1. The van der Waals surface area contributed by atoms with Crippen LogP contribution >= 0.6 is 0 Å². The summed E-state index contributed by atoms with van der Waals surface area (Å²) in [7, 11) is 3.99. The number of carboxylic acid groups (broad SMARTS) is 2. The maximum absolute atomic E-state index is 12.1. The van der Waals surface area contributed by atoms with Crippen molar-refractivity contribution in [2.24, 2.45) is 0 Å². The average molecular weight is 435 g/mol. The highest BCUT2D eigenvalue weighted by Gasteiger charge is 2.27. The predicted molar refractivity (Wildman–Crippen MR) is 115 cm³/mol. The van der Waals surface area contributed by atoms with Crippen LogP contribution in [0.15, 0.2) is 42.5 Å². The van der Waals surface area contributed by atoms with Gasteiger partial charge in [0.25, 0.3) is 0 Å². The Hall–Kier alpha value is -3.37. The molecule has 31 heavy (non-hydrogen) atoms. The number of urea groups is 1. The molecule has 1 fully saturated rings. The summed E-state index contributed by atoms with van der Waals surface area (Å²) in [6.45, 7) is 2.89. The number of nitrogens with one attached hydrogen (secondary N) is 1. The van der Waals surface area contributed by atoms with E-state index in [2.05, 4.69) is 34.5 Å². The van der Waals surface area contributed by atoms with Crippen LogP contribution in [-0.4, -0.2) is 89.8 Å². The molecule has 0 bridgehead atoms. The molecule has 1 aliphatic rings. The minimum absolute atomic E-state index is 0. The van der Waals surface area contributed by atoms with Crippen molar-refractivity contribution in [3.8, 4) is 5.75 Å². The van der Waals surface area contributed by atoms with Crippen LogP contribution in [0.5, 0.6) is 5.75 Å². The number of hydrogen-bond acceptors (Lipinski definition) is 5. The second-order valence-corrected chi connectivity index (χ2v) is 7.13. The van der Waals surface area contributed by atoms with E-state index in [1.54, 1.807) is 0 Å². The molecule has 1 heterocycles. The first-order valence-corrected chi connectivity index (χ1v) is 9.55. The van der Waals surface area contributed by atoms with Crippen LogP contribution in [0.4, 0.5) is 4.79 Å². The van der Waals surface area contributed by atoms with Gasteiger partial charge in [0.15, 0.2) is 0 Å². The van der Waals surface area contributed by atoms with Crippen LogP contribution in [0, 0.1) is 0 Å². The summed E-state index contributed by atoms with van der Waals surface area (Å²) in [5.74, 6) is -2.78. The molecule has 170 valence electrons. The minimum Gasteiger partial charge on any atom is -0.488 e. The van der Waals surface area contributed by atoms with Gasteiger partial charge in [0.1, 0.15) is 11.9 Å². The van der Waals surface area contributed by atoms with Gasteiger partial charge >= 0.3 is 18.0 Å². The fraction of sp³-hybridized carbons (Fsp3) is 0.381. The highest BCUT2D eigenvalue weighted by molar-refractivity contribution is 6.27. The number of carbonyl (C=O) groups is 3. The zero-order chi connectivity index (χ0) is 22.1. The standard InChI is InChI=1S/C19H25N3O2.C2H2O4.H2O/c1-21(2)12-10-20-19(23)22-11-9-18(14-22)24-17-8-7-15-5-3-4-6-16(15)13-17;3-1(4)2(5)6;/h3-8,13,18H,9-12,14H2,1-2H3,(H,20,23);(H,3,4)(H,5,6);1H2. The van der Waals surface area contributed by atoms with Crippen LogP contribution in [0.2, 0.25) is 0 Å². The molecule has 0 spiro atoms. The van der Waals surface area contributed by atoms with Gasteiger partial charge in [-0.1, -0.05) is 30.3 Å². The quantitative estimate of drug-likeness (QED) is 0.590. The largest absolute Gasteiger partial charge is 0.488 e. The number of benzene rings is 2. The van der Waals surface area contributed by atoms with Crippen molar-refractivity contribution in [3.63, 3.8) is 0 Å². The monoisotopic (exact) mass is 435 g/mol. The highest BCUT2D eigenvalue weighted by atomic mass is 16.5. The first kappa shape index (κ1) is 25.7. The first-order valence-electron chi connectivity index (χ1n) is 9.55. The summed E-state index contributed by atoms with van der Waals surface area (Å²) < 4.78 is 6.08. The van der Waals surface area contributed by atoms with Gasteiger partial charge in [-0.25, -0.2) is 14.4 Å². The Morgan fingerprint density at radius 3 is 2.35 bits per heavy atom. The lowest BCUT2D eigenvalue weighted by Crippen LogP contribution is -2.41. The van der Waals surface area contributed by atoms with Crippen molar-refractivity contribution in [1.29, 1.82) is 0 Å². The summed E-state index contributed by atoms with van der Waals surface area (Å²) in [4.78, 5) is 34.2. The van der Waals surface area contributed by atoms with E-state index in [-0.39, 0.29) is 17.6 Å². The van der Waals surface area contributed by atoms with Crippen molar-refractivity contribution >= 4 is 28.7 Å². The van der Waals surface area contributed by atoms with Gasteiger partial charge in [0.05, 0.1) is 6.54 Å². The third kappa shape index (κ3) is 8.49. The van der Waals surface area contributed by atoms with Crippen LogP contribution in [0.25, 0.3) is 10.8 Å². The lowest BCUT2D eigenvalue weighted by Gasteiger charge is -2.19. The molecular formula is C21H29N3O7. The first-order chi connectivity index (χ1) is 14.3. The molecule has 1 atom stereocenters. The molecule has 10 heteroatoms. The second-order valence-electron chi connectivity index (χ2n) is 7.13. The van der Waals surface area contributed by atoms with E-state index in [0.717, 1.165) is 25.3 Å². The molecule has 1 aliphatic heterocycles. The van der Waals surface area contributed by atoms with Gasteiger partial charge in [0.2, 0.25) is 0 Å². The molecule has 5 N–H and O–H groups in total. The van der Waals surface area contributed by atoms with Gasteiger partial charge < -0.3 is 35.5 Å². The highest BCUT2D eigenvalue weighted by Crippen LogP contribution is 2.23. The molecule has 10 nitrogen and oxygen atoms in total. The maximum Gasteiger partial charge on any atom is 0.414 e. The number of likely N-dealkylation sites (N-methyl/N-ethyl adjacent to an activating group) is 1. The lowest BCUT2D eigenvalue weighted by molar-refractivity contribution is -0.159. The molecule has 0 saturated carbocycles. The fourth-order valence-electron chi connectivity index (χ4n) is 2.94. The van der Waals surface area contributed by atoms with Gasteiger partial charge in [-0.15, -0.1) is 0 Å². The van der Waals surface area contributed by atoms with Gasteiger partial charge in [-0.3, -0.25) is 0 Å². The smallest absolute Gasteiger partial charge is 0.414 e. The summed E-state index contributed by atoms with van der Waals surface area (Å²) in [5.41, 5.74) is 0. The van der Waals surface area contributed by atoms with Crippen LogP contribution < -0.4 is 10.1 Å². The van der Waals surface area contributed by atoms with E-state index >= 15 is 0 Å². The van der Waals surface area contributed by atoms with E-state index in [1.165, 1.54) is 10.8 Å². The number of nitrogens with zero attached hydrogens (tertiary/aromatic N) is 2. The molecule has 3 rings (SSSR count). The fourth-order valence-corrected chi connectivity index (χ4v) is 2.94. The van der Waals surface area contributed by atoms with Gasteiger partial charge in [-0.2, -0.15) is 0 Å². The molecular weight excluding hydrogens is 406 g/mol. The molecule has 0 aromatic heterocycles. The number of likely N-dealkylation sites (tertiary alicyclic amines) is 1. The number of aliphatic carboxylic acids is 2. The Balaban J connectivity index is 0.000000607. The summed E-state index contributed by atoms with van der Waals surface area (Å²) >= 11 is 0. The molecule has 1 saturated heterocycles. The van der Waals surface area contributed by atoms with E-state index in [0.29, 0.717) is 13.1 Å². The molecule has 2 aromatic carbocycles. The zero-order valence-corrected chi connectivity index (χ0v) is 17.6. The number of carboxylic acids is 2. The van der Waals surface area contributed by atoms with Crippen molar-refractivity contribution in [3.05, 3.63) is 42.5 Å². The van der Waals surface area contributed by atoms with E-state index in [4.69, 9.17) is 24.5 Å². The van der Waals surface area contributed by atoms with Gasteiger partial charge in [0, 0.05) is 26.1 Å². The van der Waals surface area contributed by atoms with Crippen LogP contribution in [-0.2, 0) is 9.59 Å². The molecule has 1 unspecified atom stereocenters. The van der Waals surface area contributed by atoms with Crippen molar-refractivity contribution in [1.82, 2.24) is 15.1 Å². The topological polar surface area (TPSA) is 151 Å². The number of amides is 2. The minimum atomic E-state index is -1.82. The van der Waals surface area contributed by atoms with Crippen molar-refractivity contribution in [2.75, 3.05) is 40.3 Å². The van der Waals surface area contributed by atoms with E-state index in [9.17, 15) is 4.79 Å². The number of fused-ring (bicyclic) bond motifs is 1. The van der Waals surface area contributed by atoms with Crippen molar-refractivity contribution < 1.29 is 34.8 Å². The van der Waals surface area contributed by atoms with Crippen LogP contribution in [0.1, 0.15) is 6.42 Å². The Kier molecular flexibility index (Phi) is 10.2. The molecule has 0 radical (unpaired) electrons. The van der Waals surface area contributed by atoms with E-state index < -0.39 is 11.9 Å². The second kappa shape index (κ2) is 12.4. The third-order valence-electron chi connectivity index (χ3n) is 4.47. The number of hydrogen-bond donors (Lipinski definition) is 3. The van der Waals surface area contributed by atoms with E-state index in [1.807, 2.05) is 37.2 Å². The molecule has 2 aromatic rings. The number of ether oxygens (including phenoxy) is 1. The Labute approximate surface area is 180 Å². The zero-order valence-electron chi connectivity index (χ0n) is 17.6. The van der Waals surface area contributed by atoms with Crippen LogP contribution in [0.3, 0.4) is 0 Å². The normalized spacial score (nSPS) is 14.9. The molecule has 0 aliphatic carbocycles. The lowest BCUT2D eigenvalue weighted by atomic mass is 10.1. The average Bonchev–Trinajstić information content (AvgIpc) is 3.16. The predicted octanol–water partition coefficient (Wildman–Crippen LogP) is 0.895. The third-order valence-corrected chi connectivity index (χ3v) is 4.47. The Bertz CT molecular complexity index is 876. The van der Waals surface area contributed by atoms with Gasteiger partial charge in [-0.05, 0) is 37.0 Å². The number of carbonyl (C=O) groups excluding carboxylic acids is 1. The Morgan fingerprint density at radius 1 is 1.10 bits per heavy atom. The summed E-state index contributed by atoms with van der Waals surface area (Å²) in [6, 6.07) is 14.4. The molecule has 2 amide bonds. The number of rotatable bonds is 5. The summed E-state index contributed by atoms with van der Waals surface area (Å²) in [6.07, 6.45) is 0.930.